The number of rotatable bonds is 7. The molecule has 0 heterocycles. The van der Waals surface area contributed by atoms with Gasteiger partial charge in [-0.25, -0.2) is 0 Å². The zero-order valence-corrected chi connectivity index (χ0v) is 9.68. The number of nitrogens with zero attached hydrogens (tertiary/aromatic N) is 1. The summed E-state index contributed by atoms with van der Waals surface area (Å²) in [5.74, 6) is 0.0212. The largest absolute Gasteiger partial charge is 0.356 e. The number of hydrogen-bond acceptors (Lipinski definition) is 3. The van der Waals surface area contributed by atoms with E-state index in [1.807, 2.05) is 19.9 Å². The summed E-state index contributed by atoms with van der Waals surface area (Å²) in [4.78, 5) is 11.8. The third kappa shape index (κ3) is 3.88. The Balaban J connectivity index is 4.10. The Labute approximate surface area is 91.8 Å². The van der Waals surface area contributed by atoms with Crippen molar-refractivity contribution in [2.45, 2.75) is 39.5 Å². The van der Waals surface area contributed by atoms with Gasteiger partial charge in [0.05, 0.1) is 11.5 Å². The number of unbranched alkanes of at least 4 members (excludes halogenated alkanes) is 1. The number of nitrogens with two attached hydrogens (primary N) is 1. The van der Waals surface area contributed by atoms with Gasteiger partial charge in [0.1, 0.15) is 0 Å². The summed E-state index contributed by atoms with van der Waals surface area (Å²) in [6.45, 7) is 4.90. The van der Waals surface area contributed by atoms with E-state index in [0.717, 1.165) is 12.8 Å². The predicted octanol–water partition coefficient (Wildman–Crippen LogP) is 1.17. The molecule has 0 aromatic rings. The molecule has 3 N–H and O–H groups in total. The van der Waals surface area contributed by atoms with Crippen LogP contribution in [-0.4, -0.2) is 19.0 Å². The van der Waals surface area contributed by atoms with Gasteiger partial charge in [-0.05, 0) is 19.3 Å². The van der Waals surface area contributed by atoms with Crippen molar-refractivity contribution in [3.05, 3.63) is 0 Å². The molecule has 0 rings (SSSR count). The van der Waals surface area contributed by atoms with Gasteiger partial charge < -0.3 is 11.1 Å². The molecule has 0 saturated carbocycles. The molecule has 0 aliphatic heterocycles. The molecule has 0 atom stereocenters. The first-order valence-corrected chi connectivity index (χ1v) is 5.52. The fourth-order valence-electron chi connectivity index (χ4n) is 1.51. The lowest BCUT2D eigenvalue weighted by molar-refractivity contribution is -0.131. The molecule has 0 saturated heterocycles. The van der Waals surface area contributed by atoms with Gasteiger partial charge in [0.25, 0.3) is 0 Å². The van der Waals surface area contributed by atoms with E-state index in [9.17, 15) is 4.79 Å². The summed E-state index contributed by atoms with van der Waals surface area (Å²) in [6, 6.07) is 2.05. The molecule has 0 fully saturated rings. The average Bonchev–Trinajstić information content (AvgIpc) is 2.28. The van der Waals surface area contributed by atoms with Crippen LogP contribution in [-0.2, 0) is 4.79 Å². The van der Waals surface area contributed by atoms with Crippen LogP contribution in [0.2, 0.25) is 0 Å². The van der Waals surface area contributed by atoms with Crippen molar-refractivity contribution in [2.75, 3.05) is 13.1 Å². The Hall–Kier alpha value is -1.08. The molecule has 15 heavy (non-hydrogen) atoms. The molecule has 0 spiro atoms. The minimum atomic E-state index is -0.424. The van der Waals surface area contributed by atoms with E-state index in [2.05, 4.69) is 5.32 Å². The van der Waals surface area contributed by atoms with Crippen molar-refractivity contribution < 1.29 is 4.79 Å². The van der Waals surface area contributed by atoms with Crippen LogP contribution in [0.15, 0.2) is 0 Å². The number of carbonyl (C=O) groups is 1. The normalized spacial score (nSPS) is 10.8. The third-order valence-corrected chi connectivity index (χ3v) is 2.98. The van der Waals surface area contributed by atoms with Crippen LogP contribution < -0.4 is 11.1 Å². The van der Waals surface area contributed by atoms with E-state index in [1.165, 1.54) is 0 Å². The van der Waals surface area contributed by atoms with Crippen LogP contribution in [0.1, 0.15) is 39.5 Å². The van der Waals surface area contributed by atoms with E-state index in [0.29, 0.717) is 25.9 Å². The van der Waals surface area contributed by atoms with Crippen LogP contribution in [0.5, 0.6) is 0 Å². The van der Waals surface area contributed by atoms with Crippen molar-refractivity contribution in [1.82, 2.24) is 5.32 Å². The van der Waals surface area contributed by atoms with E-state index in [-0.39, 0.29) is 5.91 Å². The standard InChI is InChI=1S/C11H21N3O/c1-3-11(4-2,9-13)10(15)14-8-6-5-7-12/h3-6,8-9,13H2,1-2H3,(H,14,15). The molecule has 0 bridgehead atoms. The molecule has 0 aromatic carbocycles. The third-order valence-electron chi connectivity index (χ3n) is 2.98. The van der Waals surface area contributed by atoms with Crippen molar-refractivity contribution in [3.63, 3.8) is 0 Å². The fourth-order valence-corrected chi connectivity index (χ4v) is 1.51. The van der Waals surface area contributed by atoms with E-state index < -0.39 is 5.41 Å². The second kappa shape index (κ2) is 7.24. The second-order valence-electron chi connectivity index (χ2n) is 3.71. The summed E-state index contributed by atoms with van der Waals surface area (Å²) in [5, 5.41) is 11.2. The summed E-state index contributed by atoms with van der Waals surface area (Å²) in [7, 11) is 0. The lowest BCUT2D eigenvalue weighted by atomic mass is 9.81. The highest BCUT2D eigenvalue weighted by atomic mass is 16.2. The molecule has 4 heteroatoms. The van der Waals surface area contributed by atoms with Gasteiger partial charge in [-0.1, -0.05) is 13.8 Å². The minimum absolute atomic E-state index is 0.0212. The fraction of sp³-hybridized carbons (Fsp3) is 0.818. The van der Waals surface area contributed by atoms with Crippen molar-refractivity contribution >= 4 is 5.91 Å². The molecule has 0 aromatic heterocycles. The van der Waals surface area contributed by atoms with Crippen molar-refractivity contribution in [3.8, 4) is 6.07 Å². The first kappa shape index (κ1) is 13.9. The maximum absolute atomic E-state index is 11.8. The number of amides is 1. The molecule has 0 unspecified atom stereocenters. The Bertz CT molecular complexity index is 220. The Morgan fingerprint density at radius 1 is 1.47 bits per heavy atom. The van der Waals surface area contributed by atoms with Crippen molar-refractivity contribution in [2.24, 2.45) is 11.1 Å². The van der Waals surface area contributed by atoms with Gasteiger partial charge in [0, 0.05) is 19.5 Å². The van der Waals surface area contributed by atoms with Crippen LogP contribution >= 0.6 is 0 Å². The van der Waals surface area contributed by atoms with E-state index >= 15 is 0 Å². The lowest BCUT2D eigenvalue weighted by Gasteiger charge is -2.28. The highest BCUT2D eigenvalue weighted by Crippen LogP contribution is 2.24. The molecule has 4 nitrogen and oxygen atoms in total. The average molecular weight is 211 g/mol. The van der Waals surface area contributed by atoms with Crippen LogP contribution in [0, 0.1) is 16.7 Å². The quantitative estimate of drug-likeness (QED) is 0.620. The van der Waals surface area contributed by atoms with Gasteiger partial charge in [0.15, 0.2) is 0 Å². The Kier molecular flexibility index (Phi) is 6.72. The second-order valence-corrected chi connectivity index (χ2v) is 3.71. The smallest absolute Gasteiger partial charge is 0.227 e. The highest BCUT2D eigenvalue weighted by molar-refractivity contribution is 5.82. The first-order valence-electron chi connectivity index (χ1n) is 5.52. The molecule has 0 aliphatic rings. The van der Waals surface area contributed by atoms with Crippen LogP contribution in [0.3, 0.4) is 0 Å². The lowest BCUT2D eigenvalue weighted by Crippen LogP contribution is -2.45. The van der Waals surface area contributed by atoms with Gasteiger partial charge in [0.2, 0.25) is 5.91 Å². The summed E-state index contributed by atoms with van der Waals surface area (Å²) < 4.78 is 0. The topological polar surface area (TPSA) is 78.9 Å². The molecule has 86 valence electrons. The van der Waals surface area contributed by atoms with Gasteiger partial charge >= 0.3 is 0 Å². The predicted molar refractivity (Wildman–Crippen MR) is 59.9 cm³/mol. The summed E-state index contributed by atoms with van der Waals surface area (Å²) in [5.41, 5.74) is 5.22. The van der Waals surface area contributed by atoms with Crippen LogP contribution in [0.4, 0.5) is 0 Å². The number of nitrogens with one attached hydrogen (secondary N) is 1. The molecular formula is C11H21N3O. The van der Waals surface area contributed by atoms with E-state index in [4.69, 9.17) is 11.0 Å². The SMILES string of the molecule is CCC(CC)(CN)C(=O)NCCCC#N. The molecule has 1 amide bonds. The van der Waals surface area contributed by atoms with Gasteiger partial charge in [-0.2, -0.15) is 5.26 Å². The molecule has 0 radical (unpaired) electrons. The maximum Gasteiger partial charge on any atom is 0.227 e. The Morgan fingerprint density at radius 3 is 2.47 bits per heavy atom. The number of nitriles is 1. The maximum atomic E-state index is 11.8. The molecule has 0 aliphatic carbocycles. The monoisotopic (exact) mass is 211 g/mol. The Morgan fingerprint density at radius 2 is 2.07 bits per heavy atom. The highest BCUT2D eigenvalue weighted by Gasteiger charge is 2.32. The van der Waals surface area contributed by atoms with E-state index in [1.54, 1.807) is 0 Å². The van der Waals surface area contributed by atoms with Gasteiger partial charge in [-0.15, -0.1) is 0 Å². The van der Waals surface area contributed by atoms with Crippen molar-refractivity contribution in [1.29, 1.82) is 5.26 Å². The summed E-state index contributed by atoms with van der Waals surface area (Å²) in [6.07, 6.45) is 2.69. The zero-order chi connectivity index (χ0) is 11.7. The minimum Gasteiger partial charge on any atom is -0.356 e. The van der Waals surface area contributed by atoms with Crippen LogP contribution in [0.25, 0.3) is 0 Å². The summed E-state index contributed by atoms with van der Waals surface area (Å²) >= 11 is 0. The molecular weight excluding hydrogens is 190 g/mol. The first-order chi connectivity index (χ1) is 7.16. The van der Waals surface area contributed by atoms with Gasteiger partial charge in [-0.3, -0.25) is 4.79 Å². The number of hydrogen-bond donors (Lipinski definition) is 2. The number of carbonyl (C=O) groups excluding carboxylic acids is 1. The zero-order valence-electron chi connectivity index (χ0n) is 9.68.